The fourth-order valence-electron chi connectivity index (χ4n) is 2.77. The second-order valence-electron chi connectivity index (χ2n) is 6.58. The Hall–Kier alpha value is -1.82. The first-order valence-electron chi connectivity index (χ1n) is 9.26. The number of halogens is 6. The summed E-state index contributed by atoms with van der Waals surface area (Å²) in [7, 11) is 0. The minimum Gasteiger partial charge on any atom is -0.484 e. The Balaban J connectivity index is 0.00000480. The molecule has 1 fully saturated rings. The highest BCUT2D eigenvalue weighted by Crippen LogP contribution is 2.20. The average molecular weight is 492 g/mol. The van der Waals surface area contributed by atoms with E-state index in [1.807, 2.05) is 0 Å². The minimum absolute atomic E-state index is 0. The monoisotopic (exact) mass is 491 g/mol. The van der Waals surface area contributed by atoms with Crippen LogP contribution in [0.25, 0.3) is 0 Å². The molecule has 1 saturated heterocycles. The van der Waals surface area contributed by atoms with Gasteiger partial charge in [-0.25, -0.2) is 4.39 Å². The second kappa shape index (κ2) is 12.9. The Morgan fingerprint density at radius 1 is 1.26 bits per heavy atom. The summed E-state index contributed by atoms with van der Waals surface area (Å²) in [5.41, 5.74) is 0. The summed E-state index contributed by atoms with van der Waals surface area (Å²) < 4.78 is 58.9. The molecule has 7 nitrogen and oxygen atoms in total. The maximum Gasteiger partial charge on any atom is 0.522 e. The lowest BCUT2D eigenvalue weighted by atomic mass is 10.0. The molecule has 1 heterocycles. The normalized spacial score (nSPS) is 17.3. The molecule has 2 amide bonds. The fourth-order valence-corrected chi connectivity index (χ4v) is 2.89. The maximum atomic E-state index is 13.4. The summed E-state index contributed by atoms with van der Waals surface area (Å²) in [6.45, 7) is -0.664. The molecule has 0 saturated carbocycles. The molecule has 0 aromatic heterocycles. The third-order valence-corrected chi connectivity index (χ3v) is 4.52. The lowest BCUT2D eigenvalue weighted by Gasteiger charge is -2.26. The molecule has 1 aliphatic heterocycles. The Labute approximate surface area is 187 Å². The number of ether oxygens (including phenoxy) is 2. The van der Waals surface area contributed by atoms with Crippen molar-refractivity contribution in [2.75, 3.05) is 19.8 Å². The molecule has 13 heteroatoms. The summed E-state index contributed by atoms with van der Waals surface area (Å²) in [5.74, 6) is -1.85. The number of carbonyl (C=O) groups excluding carboxylic acids is 2. The van der Waals surface area contributed by atoms with E-state index >= 15 is 0 Å². The molecule has 0 radical (unpaired) electrons. The standard InChI is InChI=1S/C18H22ClF4N3O4.ClH/c19-12-5-4-11(9-13(12)20)29-10-16(27)25-15(6-8-30-18(21,22)23)26-17(28)14-3-1-2-7-24-14;/h4-5,9,14-15,24H,1-3,6-8,10H2,(H,25,27)(H,26,28);1H. The number of piperidine rings is 1. The van der Waals surface area contributed by atoms with Crippen molar-refractivity contribution < 1.29 is 36.6 Å². The van der Waals surface area contributed by atoms with Gasteiger partial charge in [0.2, 0.25) is 5.91 Å². The minimum atomic E-state index is -4.83. The number of rotatable bonds is 9. The average Bonchev–Trinajstić information content (AvgIpc) is 2.68. The maximum absolute atomic E-state index is 13.4. The van der Waals surface area contributed by atoms with E-state index in [0.29, 0.717) is 13.0 Å². The molecule has 176 valence electrons. The number of benzene rings is 1. The van der Waals surface area contributed by atoms with Crippen LogP contribution in [-0.2, 0) is 14.3 Å². The van der Waals surface area contributed by atoms with Crippen LogP contribution in [0.3, 0.4) is 0 Å². The predicted octanol–water partition coefficient (Wildman–Crippen LogP) is 2.91. The molecule has 0 spiro atoms. The van der Waals surface area contributed by atoms with E-state index < -0.39 is 49.4 Å². The van der Waals surface area contributed by atoms with E-state index in [0.717, 1.165) is 18.9 Å². The van der Waals surface area contributed by atoms with Gasteiger partial charge >= 0.3 is 6.36 Å². The van der Waals surface area contributed by atoms with Crippen LogP contribution in [-0.4, -0.2) is 50.1 Å². The Bertz CT molecular complexity index is 734. The van der Waals surface area contributed by atoms with Crippen molar-refractivity contribution in [1.29, 1.82) is 0 Å². The van der Waals surface area contributed by atoms with Gasteiger partial charge in [0.05, 0.1) is 17.7 Å². The number of hydrogen-bond acceptors (Lipinski definition) is 5. The van der Waals surface area contributed by atoms with Gasteiger partial charge in [0, 0.05) is 12.5 Å². The summed E-state index contributed by atoms with van der Waals surface area (Å²) in [6, 6.07) is 3.10. The van der Waals surface area contributed by atoms with E-state index in [4.69, 9.17) is 16.3 Å². The van der Waals surface area contributed by atoms with Gasteiger partial charge in [0.15, 0.2) is 6.61 Å². The summed E-state index contributed by atoms with van der Waals surface area (Å²) >= 11 is 5.56. The number of carbonyl (C=O) groups is 2. The van der Waals surface area contributed by atoms with Crippen molar-refractivity contribution in [2.45, 2.75) is 44.3 Å². The zero-order chi connectivity index (χ0) is 22.1. The molecule has 2 rings (SSSR count). The van der Waals surface area contributed by atoms with Crippen LogP contribution in [0.15, 0.2) is 18.2 Å². The van der Waals surface area contributed by atoms with Gasteiger partial charge in [0.1, 0.15) is 17.7 Å². The van der Waals surface area contributed by atoms with Crippen LogP contribution in [0.4, 0.5) is 17.6 Å². The van der Waals surface area contributed by atoms with Gasteiger partial charge in [-0.15, -0.1) is 25.6 Å². The molecular weight excluding hydrogens is 469 g/mol. The summed E-state index contributed by atoms with van der Waals surface area (Å²) in [5, 5.41) is 7.78. The predicted molar refractivity (Wildman–Crippen MR) is 106 cm³/mol. The molecule has 1 aliphatic rings. The number of hydrogen-bond donors (Lipinski definition) is 3. The first-order valence-corrected chi connectivity index (χ1v) is 9.63. The Morgan fingerprint density at radius 2 is 2.00 bits per heavy atom. The number of nitrogens with one attached hydrogen (secondary N) is 3. The van der Waals surface area contributed by atoms with Crippen molar-refractivity contribution in [2.24, 2.45) is 0 Å². The van der Waals surface area contributed by atoms with E-state index in [-0.39, 0.29) is 29.6 Å². The van der Waals surface area contributed by atoms with Gasteiger partial charge in [0.25, 0.3) is 5.91 Å². The van der Waals surface area contributed by atoms with Gasteiger partial charge in [-0.2, -0.15) is 0 Å². The van der Waals surface area contributed by atoms with Crippen LogP contribution in [0, 0.1) is 5.82 Å². The van der Waals surface area contributed by atoms with Crippen LogP contribution in [0.2, 0.25) is 5.02 Å². The van der Waals surface area contributed by atoms with Crippen LogP contribution in [0.5, 0.6) is 5.75 Å². The van der Waals surface area contributed by atoms with Gasteiger partial charge in [-0.3, -0.25) is 14.3 Å². The molecule has 2 atom stereocenters. The molecular formula is C18H23Cl2F4N3O4. The smallest absolute Gasteiger partial charge is 0.484 e. The highest BCUT2D eigenvalue weighted by atomic mass is 35.5. The number of amides is 2. The van der Waals surface area contributed by atoms with Gasteiger partial charge in [-0.05, 0) is 31.5 Å². The molecule has 31 heavy (non-hydrogen) atoms. The quantitative estimate of drug-likeness (QED) is 0.365. The largest absolute Gasteiger partial charge is 0.522 e. The van der Waals surface area contributed by atoms with E-state index in [9.17, 15) is 27.2 Å². The first kappa shape index (κ1) is 27.2. The lowest BCUT2D eigenvalue weighted by Crippen LogP contribution is -2.55. The van der Waals surface area contributed by atoms with Crippen molar-refractivity contribution in [3.8, 4) is 5.75 Å². The highest BCUT2D eigenvalue weighted by molar-refractivity contribution is 6.30. The van der Waals surface area contributed by atoms with Crippen LogP contribution < -0.4 is 20.7 Å². The lowest BCUT2D eigenvalue weighted by molar-refractivity contribution is -0.325. The molecule has 1 aromatic carbocycles. The van der Waals surface area contributed by atoms with Crippen molar-refractivity contribution in [3.05, 3.63) is 29.0 Å². The zero-order valence-corrected chi connectivity index (χ0v) is 17.8. The first-order chi connectivity index (χ1) is 14.1. The molecule has 3 N–H and O–H groups in total. The third-order valence-electron chi connectivity index (χ3n) is 4.21. The van der Waals surface area contributed by atoms with Gasteiger partial charge in [-0.1, -0.05) is 18.0 Å². The topological polar surface area (TPSA) is 88.7 Å². The zero-order valence-electron chi connectivity index (χ0n) is 16.3. The summed E-state index contributed by atoms with van der Waals surface area (Å²) in [6.07, 6.45) is -3.92. The third kappa shape index (κ3) is 10.4. The molecule has 1 aromatic rings. The van der Waals surface area contributed by atoms with E-state index in [1.54, 1.807) is 0 Å². The molecule has 0 aliphatic carbocycles. The van der Waals surface area contributed by atoms with Crippen LogP contribution in [0.1, 0.15) is 25.7 Å². The molecule has 0 bridgehead atoms. The Morgan fingerprint density at radius 3 is 2.61 bits per heavy atom. The SMILES string of the molecule is Cl.O=C(COc1ccc(Cl)c(F)c1)NC(CCOC(F)(F)F)NC(=O)C1CCCCN1. The van der Waals surface area contributed by atoms with Crippen molar-refractivity contribution >= 4 is 35.8 Å². The van der Waals surface area contributed by atoms with Crippen molar-refractivity contribution in [3.63, 3.8) is 0 Å². The fraction of sp³-hybridized carbons (Fsp3) is 0.556. The van der Waals surface area contributed by atoms with Gasteiger partial charge < -0.3 is 20.7 Å². The van der Waals surface area contributed by atoms with E-state index in [2.05, 4.69) is 20.7 Å². The Kier molecular flexibility index (Phi) is 11.3. The molecule has 2 unspecified atom stereocenters. The summed E-state index contributed by atoms with van der Waals surface area (Å²) in [4.78, 5) is 24.4. The number of alkyl halides is 3. The second-order valence-corrected chi connectivity index (χ2v) is 6.99. The van der Waals surface area contributed by atoms with Crippen LogP contribution >= 0.6 is 24.0 Å². The van der Waals surface area contributed by atoms with E-state index in [1.165, 1.54) is 12.1 Å². The van der Waals surface area contributed by atoms with Crippen molar-refractivity contribution in [1.82, 2.24) is 16.0 Å². The highest BCUT2D eigenvalue weighted by Gasteiger charge is 2.30.